The van der Waals surface area contributed by atoms with Crippen molar-refractivity contribution in [3.8, 4) is 0 Å². The zero-order chi connectivity index (χ0) is 19.4. The molecule has 0 aromatic rings. The number of aliphatic hydroxyl groups excluding tert-OH is 1. The summed E-state index contributed by atoms with van der Waals surface area (Å²) in [7, 11) is 0. The van der Waals surface area contributed by atoms with Crippen molar-refractivity contribution in [2.45, 2.75) is 58.2 Å². The van der Waals surface area contributed by atoms with Crippen LogP contribution < -0.4 is 0 Å². The van der Waals surface area contributed by atoms with Crippen LogP contribution in [0.2, 0.25) is 0 Å². The minimum absolute atomic E-state index is 0.00332. The highest BCUT2D eigenvalue weighted by Gasteiger charge is 2.60. The van der Waals surface area contributed by atoms with Crippen molar-refractivity contribution >= 4 is 17.3 Å². The molecule has 7 atom stereocenters. The maximum absolute atomic E-state index is 11.8. The molecule has 2 saturated heterocycles. The van der Waals surface area contributed by atoms with Gasteiger partial charge in [0.1, 0.15) is 12.7 Å². The topological polar surface area (TPSA) is 82.1 Å². The Morgan fingerprint density at radius 2 is 2.11 bits per heavy atom. The second-order valence-corrected chi connectivity index (χ2v) is 9.75. The first-order chi connectivity index (χ1) is 12.8. The average Bonchev–Trinajstić information content (AvgIpc) is 2.93. The van der Waals surface area contributed by atoms with Gasteiger partial charge in [-0.3, -0.25) is 8.37 Å². The van der Waals surface area contributed by atoms with E-state index >= 15 is 0 Å². The number of allylic oxidation sites excluding steroid dienone is 2. The van der Waals surface area contributed by atoms with Crippen LogP contribution in [-0.2, 0) is 29.3 Å². The molecule has 7 heteroatoms. The number of hydrogen-bond donors (Lipinski definition) is 1. The molecule has 2 aliphatic carbocycles. The Balaban J connectivity index is 1.62. The van der Waals surface area contributed by atoms with Gasteiger partial charge in [0.2, 0.25) is 0 Å². The van der Waals surface area contributed by atoms with Gasteiger partial charge in [-0.25, -0.2) is 4.79 Å². The van der Waals surface area contributed by atoms with E-state index in [1.807, 2.05) is 6.08 Å². The van der Waals surface area contributed by atoms with Gasteiger partial charge < -0.3 is 9.84 Å². The number of hydrogen-bond acceptors (Lipinski definition) is 6. The van der Waals surface area contributed by atoms with E-state index in [4.69, 9.17) is 13.1 Å². The minimum Gasteiger partial charge on any atom is -0.459 e. The molecule has 2 saturated carbocycles. The fraction of sp³-hybridized carbons (Fsp3) is 0.750. The summed E-state index contributed by atoms with van der Waals surface area (Å²) in [5.74, 6) is 0.155. The van der Waals surface area contributed by atoms with Gasteiger partial charge in [-0.15, -0.1) is 0 Å². The summed E-state index contributed by atoms with van der Waals surface area (Å²) in [4.78, 5) is 11.8. The molecule has 0 amide bonds. The lowest BCUT2D eigenvalue weighted by Crippen LogP contribution is -2.60. The van der Waals surface area contributed by atoms with Gasteiger partial charge in [-0.1, -0.05) is 32.1 Å². The number of fused-ring (bicyclic) bond motifs is 3. The third-order valence-corrected chi connectivity index (χ3v) is 8.22. The van der Waals surface area contributed by atoms with Crippen molar-refractivity contribution < 1.29 is 27.2 Å². The van der Waals surface area contributed by atoms with Crippen molar-refractivity contribution in [1.29, 1.82) is 0 Å². The van der Waals surface area contributed by atoms with E-state index in [1.165, 1.54) is 5.57 Å². The SMILES string of the molecule is C=C1CC[C@@H]2[C@]3(C)CO[S@](=O)O[C@@H]3CC[C@@]2(C)[C@@H]1C/C=C1/C(=O)OC[C@@H]1O. The van der Waals surface area contributed by atoms with Gasteiger partial charge in [-0.05, 0) is 49.4 Å². The molecule has 2 aliphatic heterocycles. The summed E-state index contributed by atoms with van der Waals surface area (Å²) in [5.41, 5.74) is 1.39. The third-order valence-electron chi connectivity index (χ3n) is 7.52. The highest BCUT2D eigenvalue weighted by atomic mass is 32.2. The summed E-state index contributed by atoms with van der Waals surface area (Å²) >= 11 is -1.65. The van der Waals surface area contributed by atoms with E-state index in [1.54, 1.807) is 0 Å². The molecule has 0 spiro atoms. The number of ether oxygens (including phenoxy) is 1. The summed E-state index contributed by atoms with van der Waals surface area (Å²) < 4.78 is 27.7. The second kappa shape index (κ2) is 6.79. The molecular weight excluding hydrogens is 368 g/mol. The molecule has 0 aromatic heterocycles. The molecule has 0 aromatic carbocycles. The van der Waals surface area contributed by atoms with Crippen molar-refractivity contribution in [2.75, 3.05) is 13.2 Å². The Hall–Kier alpha value is -1.02. The first-order valence-electron chi connectivity index (χ1n) is 9.71. The largest absolute Gasteiger partial charge is 0.459 e. The number of carbonyl (C=O) groups is 1. The molecule has 27 heavy (non-hydrogen) atoms. The Morgan fingerprint density at radius 1 is 1.33 bits per heavy atom. The number of aliphatic hydroxyl groups is 1. The lowest BCUT2D eigenvalue weighted by Gasteiger charge is -2.61. The van der Waals surface area contributed by atoms with Crippen LogP contribution in [0.3, 0.4) is 0 Å². The van der Waals surface area contributed by atoms with E-state index in [9.17, 15) is 14.1 Å². The molecule has 0 unspecified atom stereocenters. The van der Waals surface area contributed by atoms with Crippen LogP contribution in [0.5, 0.6) is 0 Å². The minimum atomic E-state index is -1.65. The van der Waals surface area contributed by atoms with Crippen LogP contribution in [0, 0.1) is 22.7 Å². The molecule has 4 aliphatic rings. The molecule has 0 radical (unpaired) electrons. The smallest absolute Gasteiger partial charge is 0.336 e. The maximum atomic E-state index is 11.8. The van der Waals surface area contributed by atoms with Crippen LogP contribution in [0.15, 0.2) is 23.8 Å². The Kier molecular flexibility index (Phi) is 4.86. The molecular formula is C20H28O6S. The van der Waals surface area contributed by atoms with Crippen molar-refractivity contribution in [2.24, 2.45) is 22.7 Å². The quantitative estimate of drug-likeness (QED) is 0.439. The van der Waals surface area contributed by atoms with Gasteiger partial charge in [0.05, 0.1) is 18.3 Å². The standard InChI is InChI=1S/C20H28O6S/c1-12-4-7-16-19(2,9-8-17-20(16,3)11-25-27(23)26-17)14(12)6-5-13-15(21)10-24-18(13)22/h5,14-17,21H,1,4,6-11H2,2-3H3/b13-5+/t14-,15+,16+,17-,19+,20+,27+/m1/s1. The monoisotopic (exact) mass is 396 g/mol. The van der Waals surface area contributed by atoms with Crippen molar-refractivity contribution in [3.63, 3.8) is 0 Å². The molecule has 150 valence electrons. The highest BCUT2D eigenvalue weighted by molar-refractivity contribution is 7.75. The summed E-state index contributed by atoms with van der Waals surface area (Å²) in [6.45, 7) is 9.32. The number of esters is 1. The predicted molar refractivity (Wildman–Crippen MR) is 99.4 cm³/mol. The van der Waals surface area contributed by atoms with Gasteiger partial charge in [0.15, 0.2) is 0 Å². The Morgan fingerprint density at radius 3 is 2.81 bits per heavy atom. The van der Waals surface area contributed by atoms with Gasteiger partial charge in [0, 0.05) is 5.41 Å². The van der Waals surface area contributed by atoms with Gasteiger partial charge in [0.25, 0.3) is 0 Å². The van der Waals surface area contributed by atoms with E-state index < -0.39 is 23.4 Å². The number of rotatable bonds is 2. The summed E-state index contributed by atoms with van der Waals surface area (Å²) in [6, 6.07) is 0. The van der Waals surface area contributed by atoms with E-state index in [0.29, 0.717) is 24.5 Å². The summed E-state index contributed by atoms with van der Waals surface area (Å²) in [6.07, 6.45) is 5.36. The molecule has 0 bridgehead atoms. The van der Waals surface area contributed by atoms with Crippen molar-refractivity contribution in [1.82, 2.24) is 0 Å². The zero-order valence-corrected chi connectivity index (χ0v) is 16.8. The van der Waals surface area contributed by atoms with E-state index in [0.717, 1.165) is 25.7 Å². The van der Waals surface area contributed by atoms with Crippen LogP contribution >= 0.6 is 0 Å². The Bertz CT molecular complexity index is 717. The highest BCUT2D eigenvalue weighted by Crippen LogP contribution is 2.63. The molecule has 4 rings (SSSR count). The van der Waals surface area contributed by atoms with Gasteiger partial charge >= 0.3 is 17.3 Å². The van der Waals surface area contributed by atoms with E-state index in [2.05, 4.69) is 20.4 Å². The van der Waals surface area contributed by atoms with Crippen molar-refractivity contribution in [3.05, 3.63) is 23.8 Å². The Labute approximate surface area is 162 Å². The first kappa shape index (κ1) is 19.3. The average molecular weight is 397 g/mol. The first-order valence-corrected chi connectivity index (χ1v) is 10.7. The summed E-state index contributed by atoms with van der Waals surface area (Å²) in [5, 5.41) is 9.97. The molecule has 4 fully saturated rings. The number of carbonyl (C=O) groups excluding carboxylic acids is 1. The van der Waals surface area contributed by atoms with Crippen LogP contribution in [0.1, 0.15) is 46.0 Å². The molecule has 1 N–H and O–H groups in total. The van der Waals surface area contributed by atoms with Crippen LogP contribution in [0.4, 0.5) is 0 Å². The second-order valence-electron chi connectivity index (χ2n) is 8.91. The molecule has 2 heterocycles. The van der Waals surface area contributed by atoms with Gasteiger partial charge in [-0.2, -0.15) is 4.21 Å². The predicted octanol–water partition coefficient (Wildman–Crippen LogP) is 2.60. The third kappa shape index (κ3) is 3.03. The lowest BCUT2D eigenvalue weighted by atomic mass is 9.46. The zero-order valence-electron chi connectivity index (χ0n) is 15.9. The molecule has 6 nitrogen and oxygen atoms in total. The lowest BCUT2D eigenvalue weighted by molar-refractivity contribution is -0.154. The van der Waals surface area contributed by atoms with Crippen LogP contribution in [-0.4, -0.2) is 40.7 Å². The van der Waals surface area contributed by atoms with E-state index in [-0.39, 0.29) is 29.5 Å². The maximum Gasteiger partial charge on any atom is 0.336 e. The normalized spacial score (nSPS) is 48.9. The van der Waals surface area contributed by atoms with Crippen LogP contribution in [0.25, 0.3) is 0 Å². The number of cyclic esters (lactones) is 1. The fourth-order valence-electron chi connectivity index (χ4n) is 5.98. The fourth-order valence-corrected chi connectivity index (χ4v) is 6.90.